The number of aliphatic hydroxyl groups excluding tert-OH is 1. The predicted molar refractivity (Wildman–Crippen MR) is 92.1 cm³/mol. The first-order chi connectivity index (χ1) is 12.2. The maximum atomic E-state index is 12.4. The van der Waals surface area contributed by atoms with Gasteiger partial charge in [-0.2, -0.15) is 5.10 Å². The number of aliphatic hydroxyl groups is 1. The Morgan fingerprint density at radius 1 is 1.44 bits per heavy atom. The topological polar surface area (TPSA) is 76.4 Å². The summed E-state index contributed by atoms with van der Waals surface area (Å²) in [5.74, 6) is 1.24. The number of hydrogen-bond acceptors (Lipinski definition) is 4. The van der Waals surface area contributed by atoms with E-state index in [1.165, 1.54) is 5.56 Å². The SMILES string of the molecule is O=C(CCn1cccn1)N[C@H](c1ccc2c(c1)CCO2)C1CC(O)C1. The second kappa shape index (κ2) is 6.88. The van der Waals surface area contributed by atoms with Crippen molar-refractivity contribution in [1.82, 2.24) is 15.1 Å². The molecular weight excluding hydrogens is 318 g/mol. The molecule has 1 aliphatic carbocycles. The van der Waals surface area contributed by atoms with Crippen LogP contribution in [0.1, 0.15) is 36.4 Å². The number of nitrogens with one attached hydrogen (secondary N) is 1. The number of amides is 1. The molecule has 0 spiro atoms. The van der Waals surface area contributed by atoms with Gasteiger partial charge in [0.15, 0.2) is 0 Å². The molecule has 1 aromatic heterocycles. The van der Waals surface area contributed by atoms with Gasteiger partial charge in [-0.3, -0.25) is 9.48 Å². The number of benzene rings is 1. The van der Waals surface area contributed by atoms with Crippen LogP contribution < -0.4 is 10.1 Å². The average molecular weight is 341 g/mol. The summed E-state index contributed by atoms with van der Waals surface area (Å²) in [4.78, 5) is 12.4. The van der Waals surface area contributed by atoms with Gasteiger partial charge < -0.3 is 15.2 Å². The number of aromatic nitrogens is 2. The van der Waals surface area contributed by atoms with E-state index in [2.05, 4.69) is 16.5 Å². The van der Waals surface area contributed by atoms with E-state index < -0.39 is 0 Å². The van der Waals surface area contributed by atoms with E-state index in [1.54, 1.807) is 10.9 Å². The molecule has 0 radical (unpaired) electrons. The molecule has 132 valence electrons. The molecule has 4 rings (SSSR count). The van der Waals surface area contributed by atoms with Gasteiger partial charge in [0.2, 0.25) is 5.91 Å². The molecule has 6 nitrogen and oxygen atoms in total. The maximum Gasteiger partial charge on any atom is 0.222 e. The van der Waals surface area contributed by atoms with Crippen molar-refractivity contribution in [2.75, 3.05) is 6.61 Å². The third-order valence-corrected chi connectivity index (χ3v) is 5.14. The van der Waals surface area contributed by atoms with Crippen molar-refractivity contribution >= 4 is 5.91 Å². The number of nitrogens with zero attached hydrogens (tertiary/aromatic N) is 2. The molecule has 1 amide bonds. The first-order valence-electron chi connectivity index (χ1n) is 8.89. The van der Waals surface area contributed by atoms with Crippen molar-refractivity contribution in [2.24, 2.45) is 5.92 Å². The molecule has 1 saturated carbocycles. The van der Waals surface area contributed by atoms with Crippen LogP contribution in [0, 0.1) is 5.92 Å². The van der Waals surface area contributed by atoms with Crippen molar-refractivity contribution in [1.29, 1.82) is 0 Å². The number of aryl methyl sites for hydroxylation is 1. The average Bonchev–Trinajstić information content (AvgIpc) is 3.25. The van der Waals surface area contributed by atoms with E-state index in [0.717, 1.165) is 37.2 Å². The van der Waals surface area contributed by atoms with E-state index in [9.17, 15) is 9.90 Å². The summed E-state index contributed by atoms with van der Waals surface area (Å²) in [6, 6.07) is 7.97. The van der Waals surface area contributed by atoms with Crippen molar-refractivity contribution in [2.45, 2.75) is 44.4 Å². The van der Waals surface area contributed by atoms with Crippen molar-refractivity contribution in [3.05, 3.63) is 47.8 Å². The lowest BCUT2D eigenvalue weighted by molar-refractivity contribution is -0.123. The molecule has 0 saturated heterocycles. The van der Waals surface area contributed by atoms with Crippen molar-refractivity contribution in [3.63, 3.8) is 0 Å². The Hall–Kier alpha value is -2.34. The molecule has 0 unspecified atom stereocenters. The van der Waals surface area contributed by atoms with Crippen LogP contribution in [-0.4, -0.2) is 33.5 Å². The largest absolute Gasteiger partial charge is 0.493 e. The summed E-state index contributed by atoms with van der Waals surface area (Å²) in [6.07, 6.45) is 6.09. The molecular formula is C19H23N3O3. The van der Waals surface area contributed by atoms with Crippen LogP contribution in [-0.2, 0) is 17.8 Å². The van der Waals surface area contributed by atoms with Crippen molar-refractivity contribution < 1.29 is 14.6 Å². The molecule has 1 fully saturated rings. The molecule has 1 atom stereocenters. The van der Waals surface area contributed by atoms with Gasteiger partial charge in [0, 0.05) is 31.8 Å². The summed E-state index contributed by atoms with van der Waals surface area (Å²) in [7, 11) is 0. The van der Waals surface area contributed by atoms with E-state index in [1.807, 2.05) is 24.4 Å². The van der Waals surface area contributed by atoms with Crippen LogP contribution in [0.3, 0.4) is 0 Å². The van der Waals surface area contributed by atoms with Gasteiger partial charge in [0.05, 0.1) is 18.8 Å². The Balaban J connectivity index is 1.45. The minimum atomic E-state index is -0.244. The number of fused-ring (bicyclic) bond motifs is 1. The summed E-state index contributed by atoms with van der Waals surface area (Å²) in [5.41, 5.74) is 2.31. The zero-order valence-corrected chi connectivity index (χ0v) is 14.1. The second-order valence-corrected chi connectivity index (χ2v) is 6.92. The van der Waals surface area contributed by atoms with Crippen LogP contribution in [0.5, 0.6) is 5.75 Å². The zero-order chi connectivity index (χ0) is 17.2. The van der Waals surface area contributed by atoms with Crippen LogP contribution >= 0.6 is 0 Å². The number of carbonyl (C=O) groups excluding carboxylic acids is 1. The van der Waals surface area contributed by atoms with Gasteiger partial charge in [0.1, 0.15) is 5.75 Å². The molecule has 6 heteroatoms. The normalized spacial score (nSPS) is 22.6. The fraction of sp³-hybridized carbons (Fsp3) is 0.474. The van der Waals surface area contributed by atoms with E-state index >= 15 is 0 Å². The summed E-state index contributed by atoms with van der Waals surface area (Å²) in [5, 5.41) is 17.0. The van der Waals surface area contributed by atoms with Gasteiger partial charge >= 0.3 is 0 Å². The third kappa shape index (κ3) is 3.54. The summed E-state index contributed by atoms with van der Waals surface area (Å²) < 4.78 is 7.33. The second-order valence-electron chi connectivity index (χ2n) is 6.92. The molecule has 2 aliphatic rings. The van der Waals surface area contributed by atoms with E-state index in [0.29, 0.717) is 13.0 Å². The fourth-order valence-electron chi connectivity index (χ4n) is 3.67. The lowest BCUT2D eigenvalue weighted by Crippen LogP contribution is -2.41. The van der Waals surface area contributed by atoms with Gasteiger partial charge in [0.25, 0.3) is 0 Å². The Kier molecular flexibility index (Phi) is 4.44. The van der Waals surface area contributed by atoms with Crippen LogP contribution in [0.2, 0.25) is 0 Å². The molecule has 25 heavy (non-hydrogen) atoms. The predicted octanol–water partition coefficient (Wildman–Crippen LogP) is 1.84. The first-order valence-corrected chi connectivity index (χ1v) is 8.89. The highest BCUT2D eigenvalue weighted by Gasteiger charge is 2.36. The lowest BCUT2D eigenvalue weighted by Gasteiger charge is -2.38. The highest BCUT2D eigenvalue weighted by Crippen LogP contribution is 2.39. The van der Waals surface area contributed by atoms with Crippen LogP contribution in [0.15, 0.2) is 36.7 Å². The molecule has 0 bridgehead atoms. The van der Waals surface area contributed by atoms with Crippen molar-refractivity contribution in [3.8, 4) is 5.75 Å². The minimum absolute atomic E-state index is 0.0126. The Morgan fingerprint density at radius 2 is 2.32 bits per heavy atom. The number of hydrogen-bond donors (Lipinski definition) is 2. The molecule has 1 aliphatic heterocycles. The number of rotatable bonds is 6. The highest BCUT2D eigenvalue weighted by molar-refractivity contribution is 5.76. The smallest absolute Gasteiger partial charge is 0.222 e. The van der Waals surface area contributed by atoms with Gasteiger partial charge in [-0.15, -0.1) is 0 Å². The van der Waals surface area contributed by atoms with Crippen LogP contribution in [0.25, 0.3) is 0 Å². The first kappa shape index (κ1) is 16.1. The van der Waals surface area contributed by atoms with Crippen LogP contribution in [0.4, 0.5) is 0 Å². The monoisotopic (exact) mass is 341 g/mol. The van der Waals surface area contributed by atoms with Gasteiger partial charge in [-0.05, 0) is 48.1 Å². The Labute approximate surface area is 146 Å². The van der Waals surface area contributed by atoms with Gasteiger partial charge in [-0.1, -0.05) is 6.07 Å². The standard InChI is InChI=1S/C19H23N3O3/c23-16-11-15(12-16)19(14-2-3-17-13(10-14)5-9-25-17)21-18(24)4-8-22-7-1-6-20-22/h1-3,6-7,10,15-16,19,23H,4-5,8-9,11-12H2,(H,21,24)/t15?,16?,19-/m1/s1. The fourth-order valence-corrected chi connectivity index (χ4v) is 3.67. The Bertz CT molecular complexity index is 738. The van der Waals surface area contributed by atoms with E-state index in [4.69, 9.17) is 4.74 Å². The quantitative estimate of drug-likeness (QED) is 0.840. The minimum Gasteiger partial charge on any atom is -0.493 e. The highest BCUT2D eigenvalue weighted by atomic mass is 16.5. The Morgan fingerprint density at radius 3 is 3.08 bits per heavy atom. The summed E-state index contributed by atoms with van der Waals surface area (Å²) in [6.45, 7) is 1.29. The number of ether oxygens (including phenoxy) is 1. The lowest BCUT2D eigenvalue weighted by atomic mass is 9.75. The summed E-state index contributed by atoms with van der Waals surface area (Å²) >= 11 is 0. The maximum absolute atomic E-state index is 12.4. The third-order valence-electron chi connectivity index (χ3n) is 5.14. The number of carbonyl (C=O) groups is 1. The molecule has 2 aromatic rings. The molecule has 1 aromatic carbocycles. The van der Waals surface area contributed by atoms with Gasteiger partial charge in [-0.25, -0.2) is 0 Å². The zero-order valence-electron chi connectivity index (χ0n) is 14.1. The molecule has 2 heterocycles. The molecule has 2 N–H and O–H groups in total. The van der Waals surface area contributed by atoms with E-state index in [-0.39, 0.29) is 24.0 Å².